The molecule has 0 aliphatic carbocycles. The molecule has 0 aromatic carbocycles. The lowest BCUT2D eigenvalue weighted by Crippen LogP contribution is -2.10. The molecule has 0 heterocycles. The lowest BCUT2D eigenvalue weighted by molar-refractivity contribution is 0.245. The van der Waals surface area contributed by atoms with Crippen LogP contribution in [0.2, 0.25) is 0 Å². The summed E-state index contributed by atoms with van der Waals surface area (Å²) in [6.45, 7) is 3.92. The zero-order valence-corrected chi connectivity index (χ0v) is 6.44. The molecule has 0 unspecified atom stereocenters. The molecule has 54 valence electrons. The van der Waals surface area contributed by atoms with Gasteiger partial charge < -0.3 is 0 Å². The summed E-state index contributed by atoms with van der Waals surface area (Å²) >= 11 is -0.810. The Labute approximate surface area is 58.6 Å². The third-order valence-electron chi connectivity index (χ3n) is 0.554. The van der Waals surface area contributed by atoms with Crippen LogP contribution in [0.5, 0.6) is 0 Å². The summed E-state index contributed by atoms with van der Waals surface area (Å²) in [5.74, 6) is 0. The highest BCUT2D eigenvalue weighted by Gasteiger charge is 2.20. The quantitative estimate of drug-likeness (QED) is 0.430. The van der Waals surface area contributed by atoms with Gasteiger partial charge in [-0.2, -0.15) is 0 Å². The molecular weight excluding hydrogens is 140 g/mol. The molecule has 0 N–H and O–H groups in total. The van der Waals surface area contributed by atoms with E-state index in [9.17, 15) is 0 Å². The van der Waals surface area contributed by atoms with Gasteiger partial charge in [0, 0.05) is 0 Å². The van der Waals surface area contributed by atoms with Gasteiger partial charge in [0.15, 0.2) is 0 Å². The van der Waals surface area contributed by atoms with Crippen LogP contribution in [0.4, 0.5) is 0 Å². The predicted octanol–water partition coefficient (Wildman–Crippen LogP) is 0.845. The minimum absolute atomic E-state index is 0.449. The monoisotopic (exact) mass is 151 g/mol. The highest BCUT2D eigenvalue weighted by atomic mass is 32.3. The normalized spacial score (nSPS) is 10.1. The Morgan fingerprint density at radius 3 is 2.33 bits per heavy atom. The molecule has 0 amide bonds. The van der Waals surface area contributed by atoms with Crippen LogP contribution in [0.3, 0.4) is 0 Å². The molecule has 0 radical (unpaired) electrons. The van der Waals surface area contributed by atoms with E-state index in [0.717, 1.165) is 0 Å². The van der Waals surface area contributed by atoms with E-state index in [1.165, 1.54) is 14.2 Å². The van der Waals surface area contributed by atoms with E-state index in [0.29, 0.717) is 6.61 Å². The number of hydrogen-bond acceptors (Lipinski definition) is 3. The second kappa shape index (κ2) is 6.10. The summed E-state index contributed by atoms with van der Waals surface area (Å²) < 4.78 is 14.4. The summed E-state index contributed by atoms with van der Waals surface area (Å²) in [6.07, 6.45) is 1.64. The van der Waals surface area contributed by atoms with Crippen molar-refractivity contribution in [3.63, 3.8) is 0 Å². The first-order valence-electron chi connectivity index (χ1n) is 2.42. The van der Waals surface area contributed by atoms with Crippen LogP contribution in [0.15, 0.2) is 12.7 Å². The van der Waals surface area contributed by atoms with Crippen molar-refractivity contribution in [2.45, 2.75) is 0 Å². The van der Waals surface area contributed by atoms with Crippen LogP contribution in [-0.2, 0) is 24.3 Å². The van der Waals surface area contributed by atoms with Gasteiger partial charge in [-0.15, -0.1) is 19.1 Å². The first-order valence-corrected chi connectivity index (χ1v) is 3.42. The van der Waals surface area contributed by atoms with E-state index in [2.05, 4.69) is 6.58 Å². The standard InChI is InChI=1S/C5H11O3S/c1-4-5-8-9(6-2)7-3/h4H,1,5H2,2-3H3/q+1. The maximum Gasteiger partial charge on any atom is 0.507 e. The third-order valence-corrected chi connectivity index (χ3v) is 1.43. The zero-order chi connectivity index (χ0) is 7.11. The van der Waals surface area contributed by atoms with Crippen LogP contribution in [0.25, 0.3) is 0 Å². The van der Waals surface area contributed by atoms with Crippen molar-refractivity contribution in [3.8, 4) is 0 Å². The minimum Gasteiger partial charge on any atom is -0.112 e. The van der Waals surface area contributed by atoms with Crippen LogP contribution >= 0.6 is 0 Å². The van der Waals surface area contributed by atoms with E-state index in [-0.39, 0.29) is 0 Å². The Morgan fingerprint density at radius 1 is 1.44 bits per heavy atom. The third kappa shape index (κ3) is 4.47. The Bertz CT molecular complexity index is 72.6. The second-order valence-corrected chi connectivity index (χ2v) is 2.42. The van der Waals surface area contributed by atoms with Crippen LogP contribution < -0.4 is 0 Å². The summed E-state index contributed by atoms with van der Waals surface area (Å²) in [7, 11) is 3.05. The number of rotatable bonds is 5. The average molecular weight is 151 g/mol. The molecule has 3 nitrogen and oxygen atoms in total. The van der Waals surface area contributed by atoms with Crippen molar-refractivity contribution in [2.24, 2.45) is 0 Å². The molecule has 0 fully saturated rings. The van der Waals surface area contributed by atoms with Crippen molar-refractivity contribution >= 4 is 11.7 Å². The molecule has 4 heteroatoms. The molecular formula is C5H11O3S+. The molecule has 0 aliphatic heterocycles. The lowest BCUT2D eigenvalue weighted by atomic mass is 10.7. The molecule has 9 heavy (non-hydrogen) atoms. The predicted molar refractivity (Wildman–Crippen MR) is 37.5 cm³/mol. The largest absolute Gasteiger partial charge is 0.507 e. The van der Waals surface area contributed by atoms with Gasteiger partial charge in [0.25, 0.3) is 0 Å². The Morgan fingerprint density at radius 2 is 2.00 bits per heavy atom. The van der Waals surface area contributed by atoms with Crippen molar-refractivity contribution in [1.29, 1.82) is 0 Å². The second-order valence-electron chi connectivity index (χ2n) is 1.11. The smallest absolute Gasteiger partial charge is 0.112 e. The van der Waals surface area contributed by atoms with Gasteiger partial charge in [-0.1, -0.05) is 6.08 Å². The van der Waals surface area contributed by atoms with Gasteiger partial charge in [-0.3, -0.25) is 0 Å². The molecule has 0 rings (SSSR count). The lowest BCUT2D eigenvalue weighted by Gasteiger charge is -1.92. The molecule has 0 saturated carbocycles. The molecule has 0 aliphatic rings. The van der Waals surface area contributed by atoms with Crippen LogP contribution in [0.1, 0.15) is 0 Å². The number of hydrogen-bond donors (Lipinski definition) is 0. The highest BCUT2D eigenvalue weighted by Crippen LogP contribution is 1.98. The van der Waals surface area contributed by atoms with E-state index in [1.54, 1.807) is 6.08 Å². The van der Waals surface area contributed by atoms with Gasteiger partial charge in [-0.25, -0.2) is 0 Å². The Hall–Kier alpha value is -0.0300. The molecule has 0 saturated heterocycles. The van der Waals surface area contributed by atoms with Crippen molar-refractivity contribution < 1.29 is 12.5 Å². The molecule has 0 aromatic heterocycles. The summed E-state index contributed by atoms with van der Waals surface area (Å²) in [4.78, 5) is 0. The van der Waals surface area contributed by atoms with Gasteiger partial charge >= 0.3 is 11.7 Å². The highest BCUT2D eigenvalue weighted by molar-refractivity contribution is 7.82. The van der Waals surface area contributed by atoms with Gasteiger partial charge in [0.05, 0.1) is 14.2 Å². The van der Waals surface area contributed by atoms with Crippen LogP contribution in [0, 0.1) is 0 Å². The van der Waals surface area contributed by atoms with E-state index in [4.69, 9.17) is 12.5 Å². The van der Waals surface area contributed by atoms with Crippen LogP contribution in [-0.4, -0.2) is 20.8 Å². The first kappa shape index (κ1) is 8.97. The zero-order valence-electron chi connectivity index (χ0n) is 5.62. The van der Waals surface area contributed by atoms with E-state index >= 15 is 0 Å². The molecule has 0 atom stereocenters. The molecule has 0 spiro atoms. The average Bonchev–Trinajstić information content (AvgIpc) is 1.91. The summed E-state index contributed by atoms with van der Waals surface area (Å²) in [6, 6.07) is 0. The maximum absolute atomic E-state index is 4.95. The van der Waals surface area contributed by atoms with Crippen molar-refractivity contribution in [1.82, 2.24) is 0 Å². The Kier molecular flexibility index (Phi) is 6.08. The van der Waals surface area contributed by atoms with Gasteiger partial charge in [-0.05, 0) is 0 Å². The van der Waals surface area contributed by atoms with E-state index in [1.807, 2.05) is 0 Å². The fraction of sp³-hybridized carbons (Fsp3) is 0.600. The van der Waals surface area contributed by atoms with Gasteiger partial charge in [0.2, 0.25) is 0 Å². The minimum atomic E-state index is -0.810. The summed E-state index contributed by atoms with van der Waals surface area (Å²) in [5, 5.41) is 0. The van der Waals surface area contributed by atoms with Crippen molar-refractivity contribution in [2.75, 3.05) is 20.8 Å². The Balaban J connectivity index is 3.19. The fourth-order valence-electron chi connectivity index (χ4n) is 0.268. The maximum atomic E-state index is 4.95. The molecule has 0 aromatic rings. The SMILES string of the molecule is C=CCO[S+](OC)OC. The first-order chi connectivity index (χ1) is 4.35. The topological polar surface area (TPSA) is 27.7 Å². The fourth-order valence-corrected chi connectivity index (χ4v) is 0.804. The summed E-state index contributed by atoms with van der Waals surface area (Å²) in [5.41, 5.74) is 0. The molecule has 0 bridgehead atoms. The van der Waals surface area contributed by atoms with Crippen molar-refractivity contribution in [3.05, 3.63) is 12.7 Å². The van der Waals surface area contributed by atoms with Gasteiger partial charge in [0.1, 0.15) is 6.61 Å². The van der Waals surface area contributed by atoms with E-state index < -0.39 is 11.7 Å².